The van der Waals surface area contributed by atoms with Crippen molar-refractivity contribution in [3.05, 3.63) is 18.3 Å². The minimum Gasteiger partial charge on any atom is -0.357 e. The lowest BCUT2D eigenvalue weighted by Crippen LogP contribution is -2.20. The van der Waals surface area contributed by atoms with Crippen LogP contribution in [-0.4, -0.2) is 29.1 Å². The average Bonchev–Trinajstić information content (AvgIpc) is 2.07. The molecule has 1 heterocycles. The molecular formula is C7H10BrN3. The lowest BCUT2D eigenvalue weighted by Gasteiger charge is -2.14. The van der Waals surface area contributed by atoms with E-state index in [2.05, 4.69) is 26.1 Å². The first-order chi connectivity index (χ1) is 5.34. The first kappa shape index (κ1) is 8.46. The number of hydrogen-bond donors (Lipinski definition) is 0. The Kier molecular flexibility index (Phi) is 3.29. The summed E-state index contributed by atoms with van der Waals surface area (Å²) < 4.78 is 0. The van der Waals surface area contributed by atoms with Gasteiger partial charge in [-0.1, -0.05) is 15.9 Å². The fourth-order valence-electron chi connectivity index (χ4n) is 0.738. The minimum atomic E-state index is 0.909. The van der Waals surface area contributed by atoms with E-state index >= 15 is 0 Å². The molecule has 60 valence electrons. The smallest absolute Gasteiger partial charge is 0.150 e. The Bertz CT molecular complexity index is 202. The van der Waals surface area contributed by atoms with Gasteiger partial charge in [-0.2, -0.15) is 5.10 Å². The summed E-state index contributed by atoms with van der Waals surface area (Å²) in [4.78, 5) is 2.04. The van der Waals surface area contributed by atoms with Gasteiger partial charge in [0.2, 0.25) is 0 Å². The molecule has 0 unspecified atom stereocenters. The van der Waals surface area contributed by atoms with Crippen molar-refractivity contribution in [2.24, 2.45) is 0 Å². The van der Waals surface area contributed by atoms with Crippen molar-refractivity contribution >= 4 is 21.7 Å². The van der Waals surface area contributed by atoms with Crippen molar-refractivity contribution in [2.75, 3.05) is 23.8 Å². The largest absolute Gasteiger partial charge is 0.357 e. The molecule has 1 rings (SSSR count). The van der Waals surface area contributed by atoms with Crippen LogP contribution in [0.2, 0.25) is 0 Å². The highest BCUT2D eigenvalue weighted by Gasteiger charge is 1.98. The molecule has 11 heavy (non-hydrogen) atoms. The topological polar surface area (TPSA) is 29.0 Å². The van der Waals surface area contributed by atoms with Gasteiger partial charge in [-0.05, 0) is 12.1 Å². The molecule has 0 saturated heterocycles. The van der Waals surface area contributed by atoms with Crippen molar-refractivity contribution in [3.63, 3.8) is 0 Å². The van der Waals surface area contributed by atoms with Gasteiger partial charge < -0.3 is 4.90 Å². The summed E-state index contributed by atoms with van der Waals surface area (Å²) in [6.45, 7) is 0.943. The molecule has 1 aromatic heterocycles. The van der Waals surface area contributed by atoms with Gasteiger partial charge in [-0.3, -0.25) is 0 Å². The molecule has 0 aliphatic rings. The maximum atomic E-state index is 3.95. The van der Waals surface area contributed by atoms with Gasteiger partial charge in [0.15, 0.2) is 5.82 Å². The number of halogens is 1. The van der Waals surface area contributed by atoms with Crippen LogP contribution < -0.4 is 4.90 Å². The van der Waals surface area contributed by atoms with Gasteiger partial charge in [0, 0.05) is 25.1 Å². The summed E-state index contributed by atoms with van der Waals surface area (Å²) in [7, 11) is 1.99. The SMILES string of the molecule is CN(CCBr)c1cccnn1. The van der Waals surface area contributed by atoms with Crippen molar-refractivity contribution in [2.45, 2.75) is 0 Å². The first-order valence-corrected chi connectivity index (χ1v) is 4.51. The van der Waals surface area contributed by atoms with Crippen LogP contribution in [0.1, 0.15) is 0 Å². The molecular weight excluding hydrogens is 206 g/mol. The molecule has 0 N–H and O–H groups in total. The molecule has 4 heteroatoms. The minimum absolute atomic E-state index is 0.909. The fraction of sp³-hybridized carbons (Fsp3) is 0.429. The summed E-state index contributed by atoms with van der Waals surface area (Å²) in [6, 6.07) is 3.82. The second-order valence-electron chi connectivity index (χ2n) is 2.19. The Morgan fingerprint density at radius 2 is 2.45 bits per heavy atom. The molecule has 0 aromatic carbocycles. The van der Waals surface area contributed by atoms with E-state index in [9.17, 15) is 0 Å². The Morgan fingerprint density at radius 3 is 3.00 bits per heavy atom. The number of rotatable bonds is 3. The molecule has 3 nitrogen and oxygen atoms in total. The average molecular weight is 216 g/mol. The molecule has 0 aliphatic carbocycles. The van der Waals surface area contributed by atoms with E-state index in [1.165, 1.54) is 0 Å². The maximum Gasteiger partial charge on any atom is 0.150 e. The van der Waals surface area contributed by atoms with E-state index in [0.717, 1.165) is 17.7 Å². The number of hydrogen-bond acceptors (Lipinski definition) is 3. The monoisotopic (exact) mass is 215 g/mol. The molecule has 0 bridgehead atoms. The number of alkyl halides is 1. The standard InChI is InChI=1S/C7H10BrN3/c1-11(6-4-8)7-3-2-5-9-10-7/h2-3,5H,4,6H2,1H3. The predicted octanol–water partition coefficient (Wildman–Crippen LogP) is 1.31. The lowest BCUT2D eigenvalue weighted by molar-refractivity contribution is 0.904. The first-order valence-electron chi connectivity index (χ1n) is 3.39. The van der Waals surface area contributed by atoms with Gasteiger partial charge in [0.1, 0.15) is 0 Å². The van der Waals surface area contributed by atoms with Crippen molar-refractivity contribution in [1.29, 1.82) is 0 Å². The second-order valence-corrected chi connectivity index (χ2v) is 2.99. The van der Waals surface area contributed by atoms with Crippen LogP contribution in [0.3, 0.4) is 0 Å². The zero-order valence-corrected chi connectivity index (χ0v) is 7.95. The number of aromatic nitrogens is 2. The lowest BCUT2D eigenvalue weighted by atomic mass is 10.5. The van der Waals surface area contributed by atoms with E-state index in [1.807, 2.05) is 24.1 Å². The van der Waals surface area contributed by atoms with Crippen LogP contribution in [0, 0.1) is 0 Å². The molecule has 0 fully saturated rings. The summed E-state index contributed by atoms with van der Waals surface area (Å²) >= 11 is 3.36. The number of nitrogens with zero attached hydrogens (tertiary/aromatic N) is 3. The van der Waals surface area contributed by atoms with Gasteiger partial charge in [0.25, 0.3) is 0 Å². The van der Waals surface area contributed by atoms with Crippen LogP contribution in [-0.2, 0) is 0 Å². The van der Waals surface area contributed by atoms with Gasteiger partial charge >= 0.3 is 0 Å². The third-order valence-corrected chi connectivity index (χ3v) is 1.72. The van der Waals surface area contributed by atoms with Crippen LogP contribution in [0.4, 0.5) is 5.82 Å². The van der Waals surface area contributed by atoms with E-state index in [0.29, 0.717) is 0 Å². The van der Waals surface area contributed by atoms with Crippen molar-refractivity contribution in [3.8, 4) is 0 Å². The predicted molar refractivity (Wildman–Crippen MR) is 49.1 cm³/mol. The Balaban J connectivity index is 2.61. The molecule has 0 saturated carbocycles. The zero-order chi connectivity index (χ0) is 8.10. The fourth-order valence-corrected chi connectivity index (χ4v) is 1.27. The summed E-state index contributed by atoms with van der Waals surface area (Å²) in [6.07, 6.45) is 1.67. The molecule has 0 amide bonds. The summed E-state index contributed by atoms with van der Waals surface area (Å²) in [5.74, 6) is 0.909. The molecule has 0 aliphatic heterocycles. The zero-order valence-electron chi connectivity index (χ0n) is 6.37. The normalized spacial score (nSPS) is 9.64. The van der Waals surface area contributed by atoms with Crippen LogP contribution in [0.15, 0.2) is 18.3 Å². The highest BCUT2D eigenvalue weighted by atomic mass is 79.9. The van der Waals surface area contributed by atoms with Gasteiger partial charge in [-0.25, -0.2) is 0 Å². The van der Waals surface area contributed by atoms with E-state index in [-0.39, 0.29) is 0 Å². The van der Waals surface area contributed by atoms with Gasteiger partial charge in [0.05, 0.1) is 0 Å². The van der Waals surface area contributed by atoms with Gasteiger partial charge in [-0.15, -0.1) is 5.10 Å². The third kappa shape index (κ3) is 2.46. The maximum absolute atomic E-state index is 3.95. The molecule has 0 atom stereocenters. The van der Waals surface area contributed by atoms with Crippen molar-refractivity contribution < 1.29 is 0 Å². The second kappa shape index (κ2) is 4.28. The van der Waals surface area contributed by atoms with E-state index < -0.39 is 0 Å². The molecule has 1 aromatic rings. The van der Waals surface area contributed by atoms with Crippen LogP contribution in [0.25, 0.3) is 0 Å². The quantitative estimate of drug-likeness (QED) is 0.713. The van der Waals surface area contributed by atoms with Crippen molar-refractivity contribution in [1.82, 2.24) is 10.2 Å². The van der Waals surface area contributed by atoms with Crippen LogP contribution in [0.5, 0.6) is 0 Å². The Labute approximate surface area is 74.6 Å². The molecule has 0 spiro atoms. The van der Waals surface area contributed by atoms with Crippen LogP contribution >= 0.6 is 15.9 Å². The summed E-state index contributed by atoms with van der Waals surface area (Å²) in [5, 5.41) is 8.68. The highest BCUT2D eigenvalue weighted by Crippen LogP contribution is 2.04. The Hall–Kier alpha value is -0.640. The highest BCUT2D eigenvalue weighted by molar-refractivity contribution is 9.09. The third-order valence-electron chi connectivity index (χ3n) is 1.37. The molecule has 0 radical (unpaired) electrons. The Morgan fingerprint density at radius 1 is 1.64 bits per heavy atom. The number of anilines is 1. The summed E-state index contributed by atoms with van der Waals surface area (Å²) in [5.41, 5.74) is 0. The van der Waals surface area contributed by atoms with E-state index in [1.54, 1.807) is 6.20 Å². The van der Waals surface area contributed by atoms with E-state index in [4.69, 9.17) is 0 Å².